The van der Waals surface area contributed by atoms with Crippen LogP contribution in [0, 0.1) is 0 Å². The van der Waals surface area contributed by atoms with Gasteiger partial charge in [-0.1, -0.05) is 6.92 Å². The Morgan fingerprint density at radius 1 is 0.909 bits per heavy atom. The third-order valence-electron chi connectivity index (χ3n) is 7.03. The van der Waals surface area contributed by atoms with E-state index in [-0.39, 0.29) is 0 Å². The molecule has 3 heterocycles. The molecule has 1 aromatic carbocycles. The Morgan fingerprint density at radius 3 is 2.36 bits per heavy atom. The monoisotopic (exact) mass is 456 g/mol. The molecule has 1 aromatic heterocycles. The smallest absolute Gasteiger partial charge is 0.163 e. The Hall–Kier alpha value is -1.96. The summed E-state index contributed by atoms with van der Waals surface area (Å²) in [5.74, 6) is 2.91. The van der Waals surface area contributed by atoms with E-state index in [2.05, 4.69) is 28.9 Å². The molecular formula is C26H40N4O3. The van der Waals surface area contributed by atoms with Gasteiger partial charge in [0, 0.05) is 44.0 Å². The number of rotatable bonds is 11. The molecule has 2 saturated heterocycles. The number of benzene rings is 1. The van der Waals surface area contributed by atoms with E-state index in [4.69, 9.17) is 24.2 Å². The molecule has 0 radical (unpaired) electrons. The van der Waals surface area contributed by atoms with Crippen LogP contribution < -0.4 is 9.47 Å². The fourth-order valence-electron chi connectivity index (χ4n) is 5.08. The fraction of sp³-hybridized carbons (Fsp3) is 0.692. The number of piperidine rings is 1. The molecule has 7 heteroatoms. The van der Waals surface area contributed by atoms with Gasteiger partial charge < -0.3 is 24.0 Å². The maximum Gasteiger partial charge on any atom is 0.163 e. The number of nitrogens with zero attached hydrogens (tertiary/aromatic N) is 4. The van der Waals surface area contributed by atoms with Gasteiger partial charge in [0.05, 0.1) is 31.5 Å². The Labute approximate surface area is 198 Å². The summed E-state index contributed by atoms with van der Waals surface area (Å²) in [6.07, 6.45) is 6.72. The van der Waals surface area contributed by atoms with Crippen LogP contribution in [-0.2, 0) is 11.2 Å². The average molecular weight is 457 g/mol. The first kappa shape index (κ1) is 24.2. The Bertz CT molecular complexity index is 893. The van der Waals surface area contributed by atoms with Crippen molar-refractivity contribution < 1.29 is 14.2 Å². The number of methoxy groups -OCH3 is 2. The quantitative estimate of drug-likeness (QED) is 0.476. The van der Waals surface area contributed by atoms with Crippen LogP contribution in [0.1, 0.15) is 56.5 Å². The van der Waals surface area contributed by atoms with Crippen LogP contribution in [0.2, 0.25) is 0 Å². The van der Waals surface area contributed by atoms with E-state index in [9.17, 15) is 0 Å². The van der Waals surface area contributed by atoms with Crippen LogP contribution in [0.4, 0.5) is 0 Å². The van der Waals surface area contributed by atoms with Gasteiger partial charge in [-0.15, -0.1) is 0 Å². The normalized spacial score (nSPS) is 18.3. The molecule has 33 heavy (non-hydrogen) atoms. The van der Waals surface area contributed by atoms with E-state index < -0.39 is 0 Å². The van der Waals surface area contributed by atoms with Crippen molar-refractivity contribution in [1.82, 2.24) is 19.8 Å². The van der Waals surface area contributed by atoms with Crippen molar-refractivity contribution in [3.05, 3.63) is 23.7 Å². The second-order valence-corrected chi connectivity index (χ2v) is 9.26. The summed E-state index contributed by atoms with van der Waals surface area (Å²) in [5.41, 5.74) is 2.14. The van der Waals surface area contributed by atoms with Crippen molar-refractivity contribution >= 4 is 10.9 Å². The van der Waals surface area contributed by atoms with Gasteiger partial charge in [0.15, 0.2) is 11.5 Å². The van der Waals surface area contributed by atoms with E-state index in [1.165, 1.54) is 31.6 Å². The van der Waals surface area contributed by atoms with E-state index >= 15 is 0 Å². The van der Waals surface area contributed by atoms with Gasteiger partial charge in [-0.25, -0.2) is 9.97 Å². The van der Waals surface area contributed by atoms with Crippen molar-refractivity contribution in [3.63, 3.8) is 0 Å². The van der Waals surface area contributed by atoms with Crippen molar-refractivity contribution in [2.75, 3.05) is 66.7 Å². The van der Waals surface area contributed by atoms with Crippen molar-refractivity contribution in [2.24, 2.45) is 0 Å². The number of fused-ring (bicyclic) bond motifs is 1. The Balaban J connectivity index is 1.50. The minimum atomic E-state index is 0.441. The van der Waals surface area contributed by atoms with Gasteiger partial charge in [0.2, 0.25) is 0 Å². The van der Waals surface area contributed by atoms with Crippen LogP contribution in [0.5, 0.6) is 11.5 Å². The lowest BCUT2D eigenvalue weighted by atomic mass is 9.90. The number of aromatic nitrogens is 2. The van der Waals surface area contributed by atoms with Crippen molar-refractivity contribution in [1.29, 1.82) is 0 Å². The first-order valence-electron chi connectivity index (χ1n) is 12.7. The van der Waals surface area contributed by atoms with E-state index in [0.717, 1.165) is 86.7 Å². The average Bonchev–Trinajstić information content (AvgIpc) is 3.38. The SMILES string of the molecule is CCc1nc(C2CCN(CCOC)CC2)c2cc(OC)c(OCCCN3CCCC3)cc2n1. The zero-order valence-electron chi connectivity index (χ0n) is 20.6. The first-order valence-corrected chi connectivity index (χ1v) is 12.7. The van der Waals surface area contributed by atoms with Crippen LogP contribution >= 0.6 is 0 Å². The van der Waals surface area contributed by atoms with Gasteiger partial charge in [-0.3, -0.25) is 0 Å². The van der Waals surface area contributed by atoms with Crippen LogP contribution in [0.3, 0.4) is 0 Å². The first-order chi connectivity index (χ1) is 16.2. The molecule has 0 saturated carbocycles. The molecule has 0 amide bonds. The highest BCUT2D eigenvalue weighted by Crippen LogP contribution is 2.37. The molecule has 2 fully saturated rings. The van der Waals surface area contributed by atoms with Gasteiger partial charge in [-0.2, -0.15) is 0 Å². The van der Waals surface area contributed by atoms with Crippen molar-refractivity contribution in [3.8, 4) is 11.5 Å². The highest BCUT2D eigenvalue weighted by Gasteiger charge is 2.25. The van der Waals surface area contributed by atoms with Gasteiger partial charge >= 0.3 is 0 Å². The van der Waals surface area contributed by atoms with Gasteiger partial charge in [0.1, 0.15) is 5.82 Å². The second kappa shape index (κ2) is 12.0. The molecule has 0 unspecified atom stereocenters. The summed E-state index contributed by atoms with van der Waals surface area (Å²) in [6, 6.07) is 4.15. The van der Waals surface area contributed by atoms with Gasteiger partial charge in [-0.05, 0) is 64.3 Å². The summed E-state index contributed by atoms with van der Waals surface area (Å²) in [7, 11) is 3.48. The molecule has 4 rings (SSSR count). The maximum absolute atomic E-state index is 6.18. The molecule has 0 aliphatic carbocycles. The largest absolute Gasteiger partial charge is 0.493 e. The third kappa shape index (κ3) is 6.14. The molecule has 2 aliphatic rings. The number of hydrogen-bond donors (Lipinski definition) is 0. The molecule has 0 atom stereocenters. The Kier molecular flexibility index (Phi) is 8.75. The molecule has 0 spiro atoms. The minimum absolute atomic E-state index is 0.441. The summed E-state index contributed by atoms with van der Waals surface area (Å²) < 4.78 is 17.2. The summed E-state index contributed by atoms with van der Waals surface area (Å²) in [4.78, 5) is 14.9. The summed E-state index contributed by atoms with van der Waals surface area (Å²) in [6.45, 7) is 10.3. The predicted octanol–water partition coefficient (Wildman–Crippen LogP) is 3.89. The molecular weight excluding hydrogens is 416 g/mol. The standard InChI is InChI=1S/C26H40N4O3/c1-4-25-27-22-19-24(33-16-7-12-29-10-5-6-11-29)23(32-3)18-21(22)26(28-25)20-8-13-30(14-9-20)15-17-31-2/h18-20H,4-17H2,1-3H3. The molecule has 0 bridgehead atoms. The molecule has 2 aliphatic heterocycles. The number of aryl methyl sites for hydroxylation is 1. The van der Waals surface area contributed by atoms with E-state index in [0.29, 0.717) is 12.5 Å². The Morgan fingerprint density at radius 2 is 1.67 bits per heavy atom. The number of likely N-dealkylation sites (tertiary alicyclic amines) is 2. The summed E-state index contributed by atoms with van der Waals surface area (Å²) in [5, 5.41) is 1.10. The maximum atomic E-state index is 6.18. The van der Waals surface area contributed by atoms with Crippen molar-refractivity contribution in [2.45, 2.75) is 51.4 Å². The lowest BCUT2D eigenvalue weighted by Crippen LogP contribution is -2.35. The third-order valence-corrected chi connectivity index (χ3v) is 7.03. The molecule has 0 N–H and O–H groups in total. The molecule has 7 nitrogen and oxygen atoms in total. The summed E-state index contributed by atoms with van der Waals surface area (Å²) >= 11 is 0. The predicted molar refractivity (Wildman–Crippen MR) is 132 cm³/mol. The topological polar surface area (TPSA) is 60.0 Å². The van der Waals surface area contributed by atoms with Crippen LogP contribution in [-0.4, -0.2) is 86.5 Å². The minimum Gasteiger partial charge on any atom is -0.493 e. The van der Waals surface area contributed by atoms with E-state index in [1.807, 2.05) is 0 Å². The van der Waals surface area contributed by atoms with Crippen LogP contribution in [0.25, 0.3) is 10.9 Å². The number of hydrogen-bond acceptors (Lipinski definition) is 7. The highest BCUT2D eigenvalue weighted by molar-refractivity contribution is 5.85. The van der Waals surface area contributed by atoms with Gasteiger partial charge in [0.25, 0.3) is 0 Å². The second-order valence-electron chi connectivity index (χ2n) is 9.26. The highest BCUT2D eigenvalue weighted by atomic mass is 16.5. The lowest BCUT2D eigenvalue weighted by Gasteiger charge is -2.32. The lowest BCUT2D eigenvalue weighted by molar-refractivity contribution is 0.130. The van der Waals surface area contributed by atoms with Crippen LogP contribution in [0.15, 0.2) is 12.1 Å². The molecule has 182 valence electrons. The zero-order chi connectivity index (χ0) is 23.0. The molecule has 2 aromatic rings. The van der Waals surface area contributed by atoms with E-state index in [1.54, 1.807) is 14.2 Å². The fourth-order valence-corrected chi connectivity index (χ4v) is 5.08. The number of ether oxygens (including phenoxy) is 3. The zero-order valence-corrected chi connectivity index (χ0v) is 20.6.